The molecule has 0 atom stereocenters. The van der Waals surface area contributed by atoms with E-state index in [2.05, 4.69) is 15.0 Å². The first-order valence-corrected chi connectivity index (χ1v) is 8.03. The number of thiophene rings is 1. The number of hydrogen-bond donors (Lipinski definition) is 2. The third-order valence-electron chi connectivity index (χ3n) is 2.47. The molecule has 5 nitrogen and oxygen atoms in total. The maximum absolute atomic E-state index is 12.1. The summed E-state index contributed by atoms with van der Waals surface area (Å²) in [7, 11) is -1.61. The van der Waals surface area contributed by atoms with Crippen LogP contribution in [0.15, 0.2) is 40.9 Å². The van der Waals surface area contributed by atoms with Gasteiger partial charge in [0.2, 0.25) is 10.0 Å². The second-order valence-corrected chi connectivity index (χ2v) is 7.09. The van der Waals surface area contributed by atoms with Gasteiger partial charge in [0.25, 0.3) is 0 Å². The number of nitrogens with zero attached hydrogens (tertiary/aromatic N) is 1. The molecule has 0 saturated heterocycles. The number of hydrogen-bond acceptors (Lipinski definition) is 5. The lowest BCUT2D eigenvalue weighted by Gasteiger charge is -2.04. The molecule has 0 saturated carbocycles. The molecule has 2 rings (SSSR count). The lowest BCUT2D eigenvalue weighted by Crippen LogP contribution is -2.22. The van der Waals surface area contributed by atoms with Crippen LogP contribution in [0.4, 0.5) is 0 Å². The van der Waals surface area contributed by atoms with Gasteiger partial charge in [-0.2, -0.15) is 0 Å². The van der Waals surface area contributed by atoms with E-state index in [0.29, 0.717) is 10.8 Å². The van der Waals surface area contributed by atoms with Gasteiger partial charge in [-0.15, -0.1) is 11.3 Å². The Kier molecular flexibility index (Phi) is 4.65. The predicted octanol–water partition coefficient (Wildman–Crippen LogP) is 1.34. The number of pyridine rings is 1. The molecule has 0 aliphatic heterocycles. The minimum Gasteiger partial charge on any atom is -0.315 e. The normalized spacial score (nSPS) is 11.6. The highest BCUT2D eigenvalue weighted by Gasteiger charge is 2.16. The first kappa shape index (κ1) is 14.1. The lowest BCUT2D eigenvalue weighted by atomic mass is 10.3. The van der Waals surface area contributed by atoms with Crippen LogP contribution in [0.2, 0.25) is 0 Å². The van der Waals surface area contributed by atoms with E-state index < -0.39 is 10.0 Å². The van der Waals surface area contributed by atoms with E-state index in [0.717, 1.165) is 10.4 Å². The van der Waals surface area contributed by atoms with Gasteiger partial charge in [0, 0.05) is 30.4 Å². The Bertz CT molecular complexity index is 623. The summed E-state index contributed by atoms with van der Waals surface area (Å²) in [6.07, 6.45) is 3.28. The van der Waals surface area contributed by atoms with Gasteiger partial charge in [-0.25, -0.2) is 13.1 Å². The smallest absolute Gasteiger partial charge is 0.250 e. The van der Waals surface area contributed by atoms with E-state index in [4.69, 9.17) is 0 Å². The number of aromatic nitrogens is 1. The van der Waals surface area contributed by atoms with Crippen LogP contribution in [0.3, 0.4) is 0 Å². The van der Waals surface area contributed by atoms with Crippen molar-refractivity contribution in [1.29, 1.82) is 0 Å². The van der Waals surface area contributed by atoms with Gasteiger partial charge >= 0.3 is 0 Å². The van der Waals surface area contributed by atoms with Crippen molar-refractivity contribution in [3.8, 4) is 0 Å². The van der Waals surface area contributed by atoms with Crippen molar-refractivity contribution < 1.29 is 8.42 Å². The Balaban J connectivity index is 2.05. The summed E-state index contributed by atoms with van der Waals surface area (Å²) in [5.74, 6) is 0. The monoisotopic (exact) mass is 297 g/mol. The lowest BCUT2D eigenvalue weighted by molar-refractivity contribution is 0.583. The average Bonchev–Trinajstić information content (AvgIpc) is 2.88. The standard InChI is InChI=1S/C12H15N3O2S2/c1-13-9-11-2-3-12(18-11)19(16,17)15-8-10-4-6-14-7-5-10/h2-7,13,15H,8-9H2,1H3. The molecule has 0 spiro atoms. The van der Waals surface area contributed by atoms with E-state index >= 15 is 0 Å². The van der Waals surface area contributed by atoms with E-state index in [1.807, 2.05) is 13.1 Å². The van der Waals surface area contributed by atoms with Crippen LogP contribution in [-0.4, -0.2) is 20.4 Å². The molecule has 2 aromatic heterocycles. The van der Waals surface area contributed by atoms with Crippen molar-refractivity contribution in [1.82, 2.24) is 15.0 Å². The highest BCUT2D eigenvalue weighted by atomic mass is 32.2. The van der Waals surface area contributed by atoms with Crippen LogP contribution in [0.25, 0.3) is 0 Å². The molecule has 19 heavy (non-hydrogen) atoms. The van der Waals surface area contributed by atoms with Gasteiger partial charge in [0.05, 0.1) is 0 Å². The molecule has 0 fully saturated rings. The zero-order valence-corrected chi connectivity index (χ0v) is 12.1. The van der Waals surface area contributed by atoms with E-state index in [1.54, 1.807) is 30.6 Å². The van der Waals surface area contributed by atoms with E-state index in [1.165, 1.54) is 11.3 Å². The molecule has 0 unspecified atom stereocenters. The molecule has 2 heterocycles. The summed E-state index contributed by atoms with van der Waals surface area (Å²) in [6, 6.07) is 7.02. The van der Waals surface area contributed by atoms with Gasteiger partial charge in [0.1, 0.15) is 4.21 Å². The van der Waals surface area contributed by atoms with Crippen LogP contribution < -0.4 is 10.0 Å². The van der Waals surface area contributed by atoms with Crippen LogP contribution in [0.5, 0.6) is 0 Å². The van der Waals surface area contributed by atoms with Gasteiger partial charge in [0.15, 0.2) is 0 Å². The molecule has 0 amide bonds. The first-order chi connectivity index (χ1) is 9.12. The van der Waals surface area contributed by atoms with Gasteiger partial charge in [-0.3, -0.25) is 4.98 Å². The molecule has 2 aromatic rings. The molecule has 0 aromatic carbocycles. The fourth-order valence-corrected chi connectivity index (χ4v) is 3.95. The predicted molar refractivity (Wildman–Crippen MR) is 75.3 cm³/mol. The zero-order chi connectivity index (χ0) is 13.7. The Labute approximate surface area is 116 Å². The first-order valence-electron chi connectivity index (χ1n) is 5.74. The summed E-state index contributed by atoms with van der Waals surface area (Å²) in [5.41, 5.74) is 0.880. The number of sulfonamides is 1. The van der Waals surface area contributed by atoms with Crippen molar-refractivity contribution in [2.75, 3.05) is 7.05 Å². The topological polar surface area (TPSA) is 71.1 Å². The maximum Gasteiger partial charge on any atom is 0.250 e. The summed E-state index contributed by atoms with van der Waals surface area (Å²) in [5, 5.41) is 2.99. The Hall–Kier alpha value is -1.28. The van der Waals surface area contributed by atoms with Crippen molar-refractivity contribution in [2.24, 2.45) is 0 Å². The molecule has 102 valence electrons. The summed E-state index contributed by atoms with van der Waals surface area (Å²) in [4.78, 5) is 4.88. The number of nitrogens with one attached hydrogen (secondary N) is 2. The highest BCUT2D eigenvalue weighted by molar-refractivity contribution is 7.91. The second-order valence-electron chi connectivity index (χ2n) is 3.93. The van der Waals surface area contributed by atoms with Crippen molar-refractivity contribution in [3.05, 3.63) is 47.1 Å². The van der Waals surface area contributed by atoms with Gasteiger partial charge in [-0.1, -0.05) is 0 Å². The fraction of sp³-hybridized carbons (Fsp3) is 0.250. The largest absolute Gasteiger partial charge is 0.315 e. The fourth-order valence-electron chi connectivity index (χ4n) is 1.52. The Morgan fingerprint density at radius 2 is 1.89 bits per heavy atom. The van der Waals surface area contributed by atoms with Crippen LogP contribution in [0.1, 0.15) is 10.4 Å². The molecule has 0 bridgehead atoms. The Morgan fingerprint density at radius 1 is 1.16 bits per heavy atom. The molecule has 2 N–H and O–H groups in total. The summed E-state index contributed by atoms with van der Waals surface area (Å²) >= 11 is 1.27. The zero-order valence-electron chi connectivity index (χ0n) is 10.5. The molecule has 7 heteroatoms. The van der Waals surface area contributed by atoms with E-state index in [9.17, 15) is 8.42 Å². The summed E-state index contributed by atoms with van der Waals surface area (Å²) in [6.45, 7) is 0.939. The minimum atomic E-state index is -3.44. The summed E-state index contributed by atoms with van der Waals surface area (Å²) < 4.78 is 27.1. The number of rotatable bonds is 6. The van der Waals surface area contributed by atoms with Crippen molar-refractivity contribution in [3.63, 3.8) is 0 Å². The van der Waals surface area contributed by atoms with Crippen molar-refractivity contribution in [2.45, 2.75) is 17.3 Å². The SMILES string of the molecule is CNCc1ccc(S(=O)(=O)NCc2ccncc2)s1. The minimum absolute atomic E-state index is 0.268. The van der Waals surface area contributed by atoms with Gasteiger partial charge < -0.3 is 5.32 Å². The molecular weight excluding hydrogens is 282 g/mol. The van der Waals surface area contributed by atoms with Crippen LogP contribution in [-0.2, 0) is 23.1 Å². The molecule has 0 aliphatic rings. The van der Waals surface area contributed by atoms with Gasteiger partial charge in [-0.05, 0) is 36.9 Å². The maximum atomic E-state index is 12.1. The third kappa shape index (κ3) is 3.84. The third-order valence-corrected chi connectivity index (χ3v) is 5.45. The van der Waals surface area contributed by atoms with Crippen LogP contribution >= 0.6 is 11.3 Å². The van der Waals surface area contributed by atoms with E-state index in [-0.39, 0.29) is 6.54 Å². The molecule has 0 aliphatic carbocycles. The highest BCUT2D eigenvalue weighted by Crippen LogP contribution is 2.21. The molecule has 0 radical (unpaired) electrons. The van der Waals surface area contributed by atoms with Crippen molar-refractivity contribution >= 4 is 21.4 Å². The Morgan fingerprint density at radius 3 is 2.58 bits per heavy atom. The molecular formula is C12H15N3O2S2. The average molecular weight is 297 g/mol. The second kappa shape index (κ2) is 6.25. The quantitative estimate of drug-likeness (QED) is 0.844. The van der Waals surface area contributed by atoms with Crippen LogP contribution in [0, 0.1) is 0 Å².